The molecule has 1 heterocycles. The van der Waals surface area contributed by atoms with Gasteiger partial charge in [-0.1, -0.05) is 18.1 Å². The number of fused-ring (bicyclic) bond motifs is 1. The number of esters is 2. The fourth-order valence-electron chi connectivity index (χ4n) is 2.51. The Labute approximate surface area is 167 Å². The van der Waals surface area contributed by atoms with E-state index >= 15 is 0 Å². The van der Waals surface area contributed by atoms with Gasteiger partial charge in [-0.2, -0.15) is 0 Å². The molecule has 8 heteroatoms. The first-order valence-electron chi connectivity index (χ1n) is 7.92. The molecule has 3 rings (SSSR count). The fraction of sp³-hybridized carbons (Fsp3) is 0.100. The van der Waals surface area contributed by atoms with Crippen LogP contribution in [0.15, 0.2) is 36.4 Å². The lowest BCUT2D eigenvalue weighted by Crippen LogP contribution is -2.08. The first-order chi connectivity index (χ1) is 12.9. The molecule has 3 aromatic rings. The molecule has 0 radical (unpaired) electrons. The zero-order chi connectivity index (χ0) is 19.6. The summed E-state index contributed by atoms with van der Waals surface area (Å²) >= 11 is 0. The number of carbonyl (C=O) groups excluding carboxylic acids is 2. The largest absolute Gasteiger partial charge is 0.423 e. The topological polar surface area (TPSA) is 104 Å². The Morgan fingerprint density at radius 2 is 1.68 bits per heavy atom. The molecule has 0 saturated carbocycles. The number of nitrogen functional groups attached to an aromatic ring is 1. The maximum atomic E-state index is 11.4. The third-order valence-corrected chi connectivity index (χ3v) is 3.59. The van der Waals surface area contributed by atoms with Crippen LogP contribution in [0.4, 0.5) is 5.82 Å². The van der Waals surface area contributed by atoms with Crippen molar-refractivity contribution in [3.63, 3.8) is 0 Å². The van der Waals surface area contributed by atoms with Crippen molar-refractivity contribution in [3.8, 4) is 35.2 Å². The highest BCUT2D eigenvalue weighted by Gasteiger charge is 2.16. The number of hydrogen-bond acceptors (Lipinski definition) is 7. The second-order valence-corrected chi connectivity index (χ2v) is 5.66. The summed E-state index contributed by atoms with van der Waals surface area (Å²) in [5.74, 6) is 2.09. The summed E-state index contributed by atoms with van der Waals surface area (Å²) in [7, 11) is 0. The molecule has 0 saturated heterocycles. The number of terminal acetylenes is 1. The minimum absolute atomic E-state index is 0. The van der Waals surface area contributed by atoms with Gasteiger partial charge >= 0.3 is 11.9 Å². The number of benzene rings is 2. The van der Waals surface area contributed by atoms with Gasteiger partial charge in [0.2, 0.25) is 0 Å². The summed E-state index contributed by atoms with van der Waals surface area (Å²) < 4.78 is 10.2. The van der Waals surface area contributed by atoms with Gasteiger partial charge in [0.1, 0.15) is 5.82 Å². The zero-order valence-corrected chi connectivity index (χ0v) is 15.9. The average molecular weight is 398 g/mol. The molecule has 1 aromatic heterocycles. The van der Waals surface area contributed by atoms with Crippen LogP contribution >= 0.6 is 12.4 Å². The average Bonchev–Trinajstić information content (AvgIpc) is 2.61. The van der Waals surface area contributed by atoms with Crippen LogP contribution in [0.3, 0.4) is 0 Å². The van der Waals surface area contributed by atoms with E-state index in [0.717, 1.165) is 0 Å². The Kier molecular flexibility index (Phi) is 6.18. The van der Waals surface area contributed by atoms with Crippen molar-refractivity contribution in [2.24, 2.45) is 0 Å². The number of nitrogens with zero attached hydrogens (tertiary/aromatic N) is 2. The van der Waals surface area contributed by atoms with E-state index in [0.29, 0.717) is 27.9 Å². The van der Waals surface area contributed by atoms with Gasteiger partial charge in [0.05, 0.1) is 5.52 Å². The normalized spacial score (nSPS) is 9.89. The molecule has 28 heavy (non-hydrogen) atoms. The first kappa shape index (κ1) is 20.7. The van der Waals surface area contributed by atoms with Crippen LogP contribution in [-0.4, -0.2) is 21.9 Å². The van der Waals surface area contributed by atoms with Gasteiger partial charge in [0, 0.05) is 36.4 Å². The molecule has 142 valence electrons. The summed E-state index contributed by atoms with van der Waals surface area (Å²) in [6, 6.07) is 10.1. The summed E-state index contributed by atoms with van der Waals surface area (Å²) in [5.41, 5.74) is 7.88. The molecule has 0 amide bonds. The Morgan fingerprint density at radius 3 is 2.29 bits per heavy atom. The second-order valence-electron chi connectivity index (χ2n) is 5.66. The molecule has 7 nitrogen and oxygen atoms in total. The molecule has 0 unspecified atom stereocenters. The van der Waals surface area contributed by atoms with Crippen molar-refractivity contribution in [2.45, 2.75) is 13.8 Å². The minimum atomic E-state index is -0.565. The van der Waals surface area contributed by atoms with E-state index < -0.39 is 11.9 Å². The highest BCUT2D eigenvalue weighted by molar-refractivity contribution is 5.93. The molecule has 0 aliphatic heterocycles. The van der Waals surface area contributed by atoms with Crippen LogP contribution in [0.25, 0.3) is 22.3 Å². The van der Waals surface area contributed by atoms with Crippen molar-refractivity contribution in [1.29, 1.82) is 0 Å². The van der Waals surface area contributed by atoms with Gasteiger partial charge in [-0.25, -0.2) is 9.97 Å². The van der Waals surface area contributed by atoms with Crippen LogP contribution in [0, 0.1) is 12.3 Å². The predicted molar refractivity (Wildman–Crippen MR) is 107 cm³/mol. The van der Waals surface area contributed by atoms with Crippen molar-refractivity contribution in [3.05, 3.63) is 42.0 Å². The second kappa shape index (κ2) is 8.37. The number of carbonyl (C=O) groups is 2. The standard InChI is InChI=1S/C20H15N3O4.ClH/c1-4-13-6-5-7-14(8-13)20-22-16-10-18(27-12(3)25)17(26-11(2)24)9-15(16)19(21)23-20;/h1,5-10H,2-3H3,(H2,21,22,23);1H. The Morgan fingerprint density at radius 1 is 1.04 bits per heavy atom. The monoisotopic (exact) mass is 397 g/mol. The van der Waals surface area contributed by atoms with Gasteiger partial charge < -0.3 is 15.2 Å². The molecular formula is C20H16ClN3O4. The SMILES string of the molecule is C#Cc1cccc(-c2nc(N)c3cc(OC(C)=O)c(OC(C)=O)cc3n2)c1.Cl. The van der Waals surface area contributed by atoms with E-state index in [4.69, 9.17) is 21.6 Å². The van der Waals surface area contributed by atoms with E-state index in [-0.39, 0.29) is 29.7 Å². The van der Waals surface area contributed by atoms with E-state index in [1.54, 1.807) is 18.2 Å². The van der Waals surface area contributed by atoms with Crippen molar-refractivity contribution in [1.82, 2.24) is 9.97 Å². The number of rotatable bonds is 3. The van der Waals surface area contributed by atoms with Crippen molar-refractivity contribution >= 4 is 41.1 Å². The minimum Gasteiger partial charge on any atom is -0.423 e. The molecule has 2 N–H and O–H groups in total. The van der Waals surface area contributed by atoms with E-state index in [1.165, 1.54) is 26.0 Å². The predicted octanol–water partition coefficient (Wildman–Crippen LogP) is 3.13. The maximum Gasteiger partial charge on any atom is 0.308 e. The molecule has 0 atom stereocenters. The molecule has 0 aliphatic rings. The molecule has 0 bridgehead atoms. The van der Waals surface area contributed by atoms with Crippen LogP contribution in [0.1, 0.15) is 19.4 Å². The fourth-order valence-corrected chi connectivity index (χ4v) is 2.51. The van der Waals surface area contributed by atoms with Crippen LogP contribution < -0.4 is 15.2 Å². The summed E-state index contributed by atoms with van der Waals surface area (Å²) in [6.07, 6.45) is 5.43. The van der Waals surface area contributed by atoms with Gasteiger partial charge in [0.25, 0.3) is 0 Å². The number of halogens is 1. The van der Waals surface area contributed by atoms with Gasteiger partial charge in [-0.3, -0.25) is 9.59 Å². The van der Waals surface area contributed by atoms with Gasteiger partial charge in [-0.15, -0.1) is 18.8 Å². The lowest BCUT2D eigenvalue weighted by molar-refractivity contribution is -0.134. The molecular weight excluding hydrogens is 382 g/mol. The zero-order valence-electron chi connectivity index (χ0n) is 15.1. The number of nitrogens with two attached hydrogens (primary N) is 1. The van der Waals surface area contributed by atoms with Crippen LogP contribution in [0.5, 0.6) is 11.5 Å². The van der Waals surface area contributed by atoms with Gasteiger partial charge in [-0.05, 0) is 18.2 Å². The quantitative estimate of drug-likeness (QED) is 0.411. The molecule has 0 fully saturated rings. The lowest BCUT2D eigenvalue weighted by atomic mass is 10.1. The van der Waals surface area contributed by atoms with Crippen molar-refractivity contribution in [2.75, 3.05) is 5.73 Å². The number of aromatic nitrogens is 2. The molecule has 2 aromatic carbocycles. The smallest absolute Gasteiger partial charge is 0.308 e. The third-order valence-electron chi connectivity index (χ3n) is 3.59. The lowest BCUT2D eigenvalue weighted by Gasteiger charge is -2.12. The first-order valence-corrected chi connectivity index (χ1v) is 7.92. The Hall–Kier alpha value is -3.63. The molecule has 0 spiro atoms. The Balaban J connectivity index is 0.00000280. The molecule has 0 aliphatic carbocycles. The maximum absolute atomic E-state index is 11.4. The highest BCUT2D eigenvalue weighted by Crippen LogP contribution is 2.35. The summed E-state index contributed by atoms with van der Waals surface area (Å²) in [6.45, 7) is 2.48. The number of hydrogen-bond donors (Lipinski definition) is 1. The number of anilines is 1. The van der Waals surface area contributed by atoms with Gasteiger partial charge in [0.15, 0.2) is 17.3 Å². The van der Waals surface area contributed by atoms with Crippen LogP contribution in [-0.2, 0) is 9.59 Å². The van der Waals surface area contributed by atoms with E-state index in [2.05, 4.69) is 15.9 Å². The van der Waals surface area contributed by atoms with Crippen molar-refractivity contribution < 1.29 is 19.1 Å². The summed E-state index contributed by atoms with van der Waals surface area (Å²) in [5, 5.41) is 0.457. The van der Waals surface area contributed by atoms with E-state index in [1.807, 2.05) is 6.07 Å². The third kappa shape index (κ3) is 4.37. The number of ether oxygens (including phenoxy) is 2. The Bertz CT molecular complexity index is 1120. The van der Waals surface area contributed by atoms with Crippen LogP contribution in [0.2, 0.25) is 0 Å². The summed E-state index contributed by atoms with van der Waals surface area (Å²) in [4.78, 5) is 31.5. The highest BCUT2D eigenvalue weighted by atomic mass is 35.5. The van der Waals surface area contributed by atoms with E-state index in [9.17, 15) is 9.59 Å².